The van der Waals surface area contributed by atoms with Crippen molar-refractivity contribution in [2.45, 2.75) is 19.6 Å². The van der Waals surface area contributed by atoms with Crippen molar-refractivity contribution in [3.8, 4) is 17.0 Å². The topological polar surface area (TPSA) is 93.4 Å². The molecule has 0 radical (unpaired) electrons. The molecule has 1 amide bonds. The molecule has 4 aromatic rings. The van der Waals surface area contributed by atoms with E-state index in [0.717, 1.165) is 11.8 Å². The van der Waals surface area contributed by atoms with Crippen LogP contribution in [0.3, 0.4) is 0 Å². The zero-order valence-electron chi connectivity index (χ0n) is 17.0. The van der Waals surface area contributed by atoms with Crippen molar-refractivity contribution in [2.24, 2.45) is 0 Å². The molecule has 3 aromatic heterocycles. The number of halogens is 2. The molecule has 0 fully saturated rings. The molecule has 1 atom stereocenters. The molecule has 4 heterocycles. The van der Waals surface area contributed by atoms with Crippen LogP contribution in [0.1, 0.15) is 22.8 Å². The summed E-state index contributed by atoms with van der Waals surface area (Å²) in [5.74, 6) is -0.0305. The molecule has 1 aliphatic rings. The molecular weight excluding hydrogens is 435 g/mol. The fourth-order valence-corrected chi connectivity index (χ4v) is 3.71. The maximum absolute atomic E-state index is 13.9. The summed E-state index contributed by atoms with van der Waals surface area (Å²) >= 11 is 6.20. The van der Waals surface area contributed by atoms with Crippen LogP contribution in [0.5, 0.6) is 5.88 Å². The highest BCUT2D eigenvalue weighted by Gasteiger charge is 2.20. The minimum atomic E-state index is -0.476. The number of anilines is 1. The third kappa shape index (κ3) is 3.82. The normalized spacial score (nSPS) is 16.2. The SMILES string of the molecule is CC1CNC(=O)c2cnn3cc(-c4cccc(Cl)c4)c(nc23)NCc2cc(F)cnc2O1. The summed E-state index contributed by atoms with van der Waals surface area (Å²) in [6.45, 7) is 2.23. The van der Waals surface area contributed by atoms with Crippen LogP contribution in [0.15, 0.2) is 48.9 Å². The number of aromatic nitrogens is 4. The van der Waals surface area contributed by atoms with Gasteiger partial charge in [0.2, 0.25) is 5.88 Å². The van der Waals surface area contributed by atoms with Crippen LogP contribution in [-0.2, 0) is 6.54 Å². The monoisotopic (exact) mass is 452 g/mol. The van der Waals surface area contributed by atoms with Gasteiger partial charge in [-0.25, -0.2) is 18.9 Å². The third-order valence-corrected chi connectivity index (χ3v) is 5.31. The first-order chi connectivity index (χ1) is 15.5. The van der Waals surface area contributed by atoms with Gasteiger partial charge in [-0.2, -0.15) is 5.10 Å². The van der Waals surface area contributed by atoms with E-state index in [4.69, 9.17) is 16.3 Å². The predicted molar refractivity (Wildman–Crippen MR) is 117 cm³/mol. The van der Waals surface area contributed by atoms with Crippen LogP contribution in [0, 0.1) is 5.82 Å². The second-order valence-electron chi connectivity index (χ2n) is 7.45. The van der Waals surface area contributed by atoms with Crippen LogP contribution in [0.4, 0.5) is 10.2 Å². The van der Waals surface area contributed by atoms with Gasteiger partial charge < -0.3 is 15.4 Å². The second-order valence-corrected chi connectivity index (χ2v) is 7.89. The Morgan fingerprint density at radius 2 is 2.09 bits per heavy atom. The number of ether oxygens (including phenoxy) is 1. The molecule has 2 bridgehead atoms. The largest absolute Gasteiger partial charge is 0.473 e. The van der Waals surface area contributed by atoms with Gasteiger partial charge in [-0.15, -0.1) is 0 Å². The summed E-state index contributed by atoms with van der Waals surface area (Å²) in [6, 6.07) is 8.67. The Morgan fingerprint density at radius 1 is 1.22 bits per heavy atom. The number of hydrogen-bond donors (Lipinski definition) is 2. The number of nitrogens with one attached hydrogen (secondary N) is 2. The molecule has 32 heavy (non-hydrogen) atoms. The van der Waals surface area contributed by atoms with Gasteiger partial charge in [-0.1, -0.05) is 23.7 Å². The van der Waals surface area contributed by atoms with E-state index >= 15 is 0 Å². The number of benzene rings is 1. The minimum Gasteiger partial charge on any atom is -0.473 e. The number of carbonyl (C=O) groups is 1. The van der Waals surface area contributed by atoms with Crippen molar-refractivity contribution in [3.63, 3.8) is 0 Å². The molecule has 0 saturated carbocycles. The molecule has 10 heteroatoms. The Balaban J connectivity index is 1.67. The van der Waals surface area contributed by atoms with Gasteiger partial charge in [0.25, 0.3) is 5.91 Å². The maximum Gasteiger partial charge on any atom is 0.256 e. The summed E-state index contributed by atoms with van der Waals surface area (Å²) in [5, 5.41) is 10.9. The van der Waals surface area contributed by atoms with E-state index in [1.807, 2.05) is 12.1 Å². The van der Waals surface area contributed by atoms with Crippen LogP contribution < -0.4 is 15.4 Å². The van der Waals surface area contributed by atoms with Crippen molar-refractivity contribution in [1.29, 1.82) is 0 Å². The standard InChI is InChI=1S/C22H18ClFN6O2/c1-12-7-26-21(31)17-10-28-30-11-18(13-3-2-4-15(23)5-13)19(29-20(17)30)25-8-14-6-16(24)9-27-22(14)32-12/h2-6,9-12H,7-8H2,1H3,(H,25,29)(H,26,31). The minimum absolute atomic E-state index is 0.203. The number of rotatable bonds is 1. The smallest absolute Gasteiger partial charge is 0.256 e. The number of nitrogens with zero attached hydrogens (tertiary/aromatic N) is 4. The molecule has 8 nitrogen and oxygen atoms in total. The second kappa shape index (κ2) is 8.08. The summed E-state index contributed by atoms with van der Waals surface area (Å²) in [6.07, 6.45) is 3.96. The molecule has 1 aliphatic heterocycles. The Hall–Kier alpha value is -3.72. The number of hydrogen-bond acceptors (Lipinski definition) is 6. The molecule has 162 valence electrons. The first kappa shape index (κ1) is 20.2. The van der Waals surface area contributed by atoms with Gasteiger partial charge in [0.15, 0.2) is 5.65 Å². The van der Waals surface area contributed by atoms with Crippen molar-refractivity contribution in [3.05, 3.63) is 70.9 Å². The lowest BCUT2D eigenvalue weighted by Crippen LogP contribution is -2.33. The number of pyridine rings is 1. The van der Waals surface area contributed by atoms with Gasteiger partial charge in [-0.3, -0.25) is 4.79 Å². The van der Waals surface area contributed by atoms with Crippen LogP contribution in [-0.4, -0.2) is 38.1 Å². The highest BCUT2D eigenvalue weighted by molar-refractivity contribution is 6.30. The van der Waals surface area contributed by atoms with E-state index in [-0.39, 0.29) is 31.0 Å². The zero-order chi connectivity index (χ0) is 22.2. The summed E-state index contributed by atoms with van der Waals surface area (Å²) in [7, 11) is 0. The molecule has 0 aliphatic carbocycles. The lowest BCUT2D eigenvalue weighted by Gasteiger charge is -2.17. The van der Waals surface area contributed by atoms with Gasteiger partial charge >= 0.3 is 0 Å². The van der Waals surface area contributed by atoms with Gasteiger partial charge in [0.05, 0.1) is 18.9 Å². The first-order valence-electron chi connectivity index (χ1n) is 9.95. The number of carbonyl (C=O) groups excluding carboxylic acids is 1. The van der Waals surface area contributed by atoms with Crippen LogP contribution in [0.2, 0.25) is 5.02 Å². The predicted octanol–water partition coefficient (Wildman–Crippen LogP) is 3.71. The van der Waals surface area contributed by atoms with E-state index in [2.05, 4.69) is 25.7 Å². The van der Waals surface area contributed by atoms with E-state index in [1.165, 1.54) is 12.3 Å². The van der Waals surface area contributed by atoms with E-state index in [0.29, 0.717) is 33.2 Å². The molecule has 1 aromatic carbocycles. The average Bonchev–Trinajstić information content (AvgIpc) is 3.19. The summed E-state index contributed by atoms with van der Waals surface area (Å²) in [4.78, 5) is 21.5. The van der Waals surface area contributed by atoms with Crippen molar-refractivity contribution < 1.29 is 13.9 Å². The van der Waals surface area contributed by atoms with Crippen LogP contribution >= 0.6 is 11.6 Å². The molecule has 0 saturated heterocycles. The Bertz CT molecular complexity index is 1340. The van der Waals surface area contributed by atoms with Crippen molar-refractivity contribution >= 4 is 29.0 Å². The maximum atomic E-state index is 13.9. The van der Waals surface area contributed by atoms with E-state index in [1.54, 1.807) is 29.8 Å². The quantitative estimate of drug-likeness (QED) is 0.457. The van der Waals surface area contributed by atoms with Gasteiger partial charge in [0.1, 0.15) is 23.3 Å². The Labute approximate surface area is 187 Å². The fraction of sp³-hybridized carbons (Fsp3) is 0.182. The summed E-state index contributed by atoms with van der Waals surface area (Å²) in [5.41, 5.74) is 2.77. The number of amides is 1. The lowest BCUT2D eigenvalue weighted by atomic mass is 10.1. The molecule has 1 unspecified atom stereocenters. The zero-order valence-corrected chi connectivity index (χ0v) is 17.7. The van der Waals surface area contributed by atoms with Gasteiger partial charge in [0, 0.05) is 28.9 Å². The highest BCUT2D eigenvalue weighted by Crippen LogP contribution is 2.30. The summed E-state index contributed by atoms with van der Waals surface area (Å²) < 4.78 is 21.3. The lowest BCUT2D eigenvalue weighted by molar-refractivity contribution is 0.0932. The number of fused-ring (bicyclic) bond motifs is 2. The van der Waals surface area contributed by atoms with E-state index < -0.39 is 5.82 Å². The fourth-order valence-electron chi connectivity index (χ4n) is 3.52. The van der Waals surface area contributed by atoms with Gasteiger partial charge in [-0.05, 0) is 30.7 Å². The van der Waals surface area contributed by atoms with Crippen molar-refractivity contribution in [1.82, 2.24) is 24.9 Å². The Kier molecular flexibility index (Phi) is 5.10. The first-order valence-corrected chi connectivity index (χ1v) is 10.3. The van der Waals surface area contributed by atoms with E-state index in [9.17, 15) is 9.18 Å². The Morgan fingerprint density at radius 3 is 2.94 bits per heavy atom. The average molecular weight is 453 g/mol. The molecule has 5 rings (SSSR count). The third-order valence-electron chi connectivity index (χ3n) is 5.07. The molecular formula is C22H18ClFN6O2. The highest BCUT2D eigenvalue weighted by atomic mass is 35.5. The van der Waals surface area contributed by atoms with Crippen LogP contribution in [0.25, 0.3) is 16.8 Å². The molecule has 0 spiro atoms. The molecule has 2 N–H and O–H groups in total. The van der Waals surface area contributed by atoms with Crippen molar-refractivity contribution in [2.75, 3.05) is 11.9 Å².